The third-order valence-electron chi connectivity index (χ3n) is 5.21. The first-order valence-corrected chi connectivity index (χ1v) is 9.10. The lowest BCUT2D eigenvalue weighted by atomic mass is 9.74. The molecule has 3 amide bonds. The summed E-state index contributed by atoms with van der Waals surface area (Å²) in [6, 6.07) is 6.32. The van der Waals surface area contributed by atoms with Gasteiger partial charge in [-0.05, 0) is 38.5 Å². The zero-order valence-corrected chi connectivity index (χ0v) is 15.5. The van der Waals surface area contributed by atoms with Crippen LogP contribution in [-0.2, 0) is 9.53 Å². The molecule has 2 heterocycles. The largest absolute Gasteiger partial charge is 0.481 e. The molecule has 8 heteroatoms. The lowest BCUT2D eigenvalue weighted by Gasteiger charge is -2.33. The van der Waals surface area contributed by atoms with Crippen molar-refractivity contribution in [2.24, 2.45) is 11.3 Å². The predicted octanol–water partition coefficient (Wildman–Crippen LogP) is 1.78. The van der Waals surface area contributed by atoms with Gasteiger partial charge in [0, 0.05) is 42.9 Å². The monoisotopic (exact) mass is 375 g/mol. The lowest BCUT2D eigenvalue weighted by molar-refractivity contribution is -0.157. The van der Waals surface area contributed by atoms with Gasteiger partial charge in [-0.1, -0.05) is 6.07 Å². The van der Waals surface area contributed by atoms with Crippen LogP contribution in [0.5, 0.6) is 0 Å². The zero-order chi connectivity index (χ0) is 19.6. The van der Waals surface area contributed by atoms with Crippen LogP contribution in [0.3, 0.4) is 0 Å². The summed E-state index contributed by atoms with van der Waals surface area (Å²) in [7, 11) is 0. The highest BCUT2D eigenvalue weighted by molar-refractivity contribution is 5.97. The van der Waals surface area contributed by atoms with Crippen molar-refractivity contribution >= 4 is 23.6 Å². The van der Waals surface area contributed by atoms with E-state index in [1.165, 1.54) is 0 Å². The van der Waals surface area contributed by atoms with Gasteiger partial charge in [0.1, 0.15) is 0 Å². The highest BCUT2D eigenvalue weighted by Crippen LogP contribution is 2.42. The van der Waals surface area contributed by atoms with E-state index in [0.29, 0.717) is 37.4 Å². The molecule has 2 atom stereocenters. The second kappa shape index (κ2) is 7.56. The molecule has 8 nitrogen and oxygen atoms in total. The molecule has 0 spiro atoms. The number of aliphatic carboxylic acids is 1. The van der Waals surface area contributed by atoms with Crippen LogP contribution in [0.4, 0.5) is 10.5 Å². The summed E-state index contributed by atoms with van der Waals surface area (Å²) < 4.78 is 5.43. The van der Waals surface area contributed by atoms with Gasteiger partial charge < -0.3 is 25.4 Å². The van der Waals surface area contributed by atoms with Crippen LogP contribution >= 0.6 is 0 Å². The number of hydrogen-bond donors (Lipinski definition) is 3. The molecule has 3 N–H and O–H groups in total. The van der Waals surface area contributed by atoms with Gasteiger partial charge in [0.05, 0.1) is 12.0 Å². The van der Waals surface area contributed by atoms with Crippen molar-refractivity contribution in [3.05, 3.63) is 29.8 Å². The third-order valence-corrected chi connectivity index (χ3v) is 5.21. The summed E-state index contributed by atoms with van der Waals surface area (Å²) in [6.45, 7) is 5.00. The minimum atomic E-state index is -0.930. The van der Waals surface area contributed by atoms with Crippen LogP contribution in [0.25, 0.3) is 0 Å². The Morgan fingerprint density at radius 1 is 1.33 bits per heavy atom. The molecule has 0 aromatic heterocycles. The topological polar surface area (TPSA) is 108 Å². The zero-order valence-electron chi connectivity index (χ0n) is 15.5. The number of ether oxygens (including phenoxy) is 1. The molecule has 0 saturated carbocycles. The number of fused-ring (bicyclic) bond motifs is 1. The van der Waals surface area contributed by atoms with Crippen molar-refractivity contribution in [3.63, 3.8) is 0 Å². The Morgan fingerprint density at radius 2 is 2.11 bits per heavy atom. The molecule has 27 heavy (non-hydrogen) atoms. The molecule has 1 aromatic carbocycles. The van der Waals surface area contributed by atoms with Gasteiger partial charge in [0.25, 0.3) is 5.91 Å². The van der Waals surface area contributed by atoms with E-state index in [1.54, 1.807) is 29.2 Å². The van der Waals surface area contributed by atoms with E-state index in [4.69, 9.17) is 4.74 Å². The molecule has 1 aromatic rings. The maximum absolute atomic E-state index is 12.9. The van der Waals surface area contributed by atoms with Gasteiger partial charge in [-0.15, -0.1) is 0 Å². The summed E-state index contributed by atoms with van der Waals surface area (Å²) in [6.07, 6.45) is 0.410. The number of hydrogen-bond acceptors (Lipinski definition) is 4. The predicted molar refractivity (Wildman–Crippen MR) is 98.6 cm³/mol. The van der Waals surface area contributed by atoms with E-state index in [1.807, 2.05) is 13.8 Å². The quantitative estimate of drug-likeness (QED) is 0.743. The second-order valence-electron chi connectivity index (χ2n) is 7.50. The van der Waals surface area contributed by atoms with E-state index >= 15 is 0 Å². The Bertz CT molecular complexity index is 751. The Morgan fingerprint density at radius 3 is 2.78 bits per heavy atom. The Kier molecular flexibility index (Phi) is 5.36. The van der Waals surface area contributed by atoms with Gasteiger partial charge in [-0.2, -0.15) is 0 Å². The van der Waals surface area contributed by atoms with Crippen molar-refractivity contribution in [1.82, 2.24) is 10.2 Å². The summed E-state index contributed by atoms with van der Waals surface area (Å²) in [5.74, 6) is -1.31. The van der Waals surface area contributed by atoms with Crippen molar-refractivity contribution in [3.8, 4) is 0 Å². The molecular formula is C19H25N3O5. The van der Waals surface area contributed by atoms with Crippen molar-refractivity contribution in [1.29, 1.82) is 0 Å². The molecule has 0 radical (unpaired) electrons. The summed E-state index contributed by atoms with van der Waals surface area (Å²) in [5, 5.41) is 15.2. The van der Waals surface area contributed by atoms with E-state index in [2.05, 4.69) is 10.6 Å². The van der Waals surface area contributed by atoms with Gasteiger partial charge in [-0.3, -0.25) is 9.59 Å². The third kappa shape index (κ3) is 3.90. The first-order chi connectivity index (χ1) is 12.8. The maximum Gasteiger partial charge on any atom is 0.319 e. The molecule has 2 fully saturated rings. The summed E-state index contributed by atoms with van der Waals surface area (Å²) >= 11 is 0. The van der Waals surface area contributed by atoms with Crippen LogP contribution in [0.2, 0.25) is 0 Å². The number of nitrogens with one attached hydrogen (secondary N) is 2. The van der Waals surface area contributed by atoms with Crippen LogP contribution in [0.15, 0.2) is 24.3 Å². The average molecular weight is 375 g/mol. The number of carboxylic acids is 1. The van der Waals surface area contributed by atoms with E-state index in [0.717, 1.165) is 0 Å². The first kappa shape index (κ1) is 19.2. The Labute approximate surface area is 157 Å². The number of carbonyl (C=O) groups excluding carboxylic acids is 2. The minimum absolute atomic E-state index is 0.00260. The fraction of sp³-hybridized carbons (Fsp3) is 0.526. The van der Waals surface area contributed by atoms with Crippen molar-refractivity contribution < 1.29 is 24.2 Å². The van der Waals surface area contributed by atoms with Gasteiger partial charge in [0.2, 0.25) is 0 Å². The summed E-state index contributed by atoms with van der Waals surface area (Å²) in [5.41, 5.74) is -0.00895. The maximum atomic E-state index is 12.9. The number of rotatable bonds is 4. The number of nitrogens with zero attached hydrogens (tertiary/aromatic N) is 1. The van der Waals surface area contributed by atoms with Crippen LogP contribution < -0.4 is 10.6 Å². The SMILES string of the molecule is CC(C)NC(=O)Nc1cccc(C(=O)N2C[C@H]3COCC[C@@]3(C(=O)O)C2)c1. The standard InChI is InChI=1S/C19H25N3O5/c1-12(2)20-18(26)21-15-5-3-4-13(8-15)16(23)22-9-14-10-27-7-6-19(14,11-22)17(24)25/h3-5,8,12,14H,6-7,9-11H2,1-2H3,(H,24,25)(H2,20,21,26)/t14-,19+/m0/s1. The van der Waals surface area contributed by atoms with Crippen LogP contribution in [0.1, 0.15) is 30.6 Å². The smallest absolute Gasteiger partial charge is 0.319 e. The highest BCUT2D eigenvalue weighted by Gasteiger charge is 2.54. The number of benzene rings is 1. The molecule has 3 rings (SSSR count). The minimum Gasteiger partial charge on any atom is -0.481 e. The lowest BCUT2D eigenvalue weighted by Crippen LogP contribution is -2.45. The van der Waals surface area contributed by atoms with Crippen LogP contribution in [-0.4, -0.2) is 60.3 Å². The summed E-state index contributed by atoms with van der Waals surface area (Å²) in [4.78, 5) is 38.2. The Balaban J connectivity index is 1.74. The highest BCUT2D eigenvalue weighted by atomic mass is 16.5. The van der Waals surface area contributed by atoms with Crippen molar-refractivity contribution in [2.75, 3.05) is 31.6 Å². The number of anilines is 1. The van der Waals surface area contributed by atoms with E-state index in [-0.39, 0.29) is 30.4 Å². The van der Waals surface area contributed by atoms with Gasteiger partial charge in [-0.25, -0.2) is 4.79 Å². The van der Waals surface area contributed by atoms with Crippen molar-refractivity contribution in [2.45, 2.75) is 26.3 Å². The molecular weight excluding hydrogens is 350 g/mol. The molecule has 0 bridgehead atoms. The molecule has 2 aliphatic heterocycles. The van der Waals surface area contributed by atoms with E-state index in [9.17, 15) is 19.5 Å². The number of amides is 3. The number of likely N-dealkylation sites (tertiary alicyclic amines) is 1. The molecule has 2 saturated heterocycles. The average Bonchev–Trinajstić information content (AvgIpc) is 3.01. The normalized spacial score (nSPS) is 24.4. The molecule has 2 aliphatic rings. The second-order valence-corrected chi connectivity index (χ2v) is 7.50. The molecule has 0 unspecified atom stereocenters. The van der Waals surface area contributed by atoms with Gasteiger partial charge in [0.15, 0.2) is 0 Å². The fourth-order valence-electron chi connectivity index (χ4n) is 3.80. The van der Waals surface area contributed by atoms with E-state index < -0.39 is 11.4 Å². The number of carbonyl (C=O) groups is 3. The Hall–Kier alpha value is -2.61. The van der Waals surface area contributed by atoms with Gasteiger partial charge >= 0.3 is 12.0 Å². The molecule has 0 aliphatic carbocycles. The number of urea groups is 1. The number of carboxylic acid groups (broad SMARTS) is 1. The molecule has 146 valence electrons. The fourth-order valence-corrected chi connectivity index (χ4v) is 3.80. The first-order valence-electron chi connectivity index (χ1n) is 9.10. The van der Waals surface area contributed by atoms with Crippen LogP contribution in [0, 0.1) is 11.3 Å².